The average Bonchev–Trinajstić information content (AvgIpc) is 1.97. The van der Waals surface area contributed by atoms with Gasteiger partial charge in [-0.1, -0.05) is 0 Å². The molecule has 0 fully saturated rings. The monoisotopic (exact) mass is 213 g/mol. The van der Waals surface area contributed by atoms with Gasteiger partial charge >= 0.3 is 0 Å². The molecular formula is C9H11NO3S. The van der Waals surface area contributed by atoms with Gasteiger partial charge in [-0.2, -0.15) is 4.40 Å². The minimum Gasteiger partial charge on any atom is -0.290 e. The van der Waals surface area contributed by atoms with Crippen molar-refractivity contribution in [1.82, 2.24) is 0 Å². The lowest BCUT2D eigenvalue weighted by atomic mass is 9.99. The topological polar surface area (TPSA) is 63.6 Å². The molecule has 0 saturated heterocycles. The first-order chi connectivity index (χ1) is 6.29. The van der Waals surface area contributed by atoms with Crippen molar-refractivity contribution in [2.45, 2.75) is 13.8 Å². The van der Waals surface area contributed by atoms with Crippen molar-refractivity contribution >= 4 is 21.5 Å². The third-order valence-corrected chi connectivity index (χ3v) is 2.29. The number of carbonyl (C=O) groups is 1. The first kappa shape index (κ1) is 10.8. The van der Waals surface area contributed by atoms with Crippen LogP contribution in [-0.2, 0) is 14.8 Å². The third-order valence-electron chi connectivity index (χ3n) is 1.76. The highest BCUT2D eigenvalue weighted by Gasteiger charge is 2.13. The van der Waals surface area contributed by atoms with Crippen molar-refractivity contribution in [3.8, 4) is 0 Å². The van der Waals surface area contributed by atoms with Gasteiger partial charge in [0.25, 0.3) is 10.0 Å². The fourth-order valence-electron chi connectivity index (χ4n) is 1.05. The van der Waals surface area contributed by atoms with E-state index in [9.17, 15) is 13.2 Å². The zero-order chi connectivity index (χ0) is 10.9. The summed E-state index contributed by atoms with van der Waals surface area (Å²) in [7, 11) is -3.41. The molecule has 5 heteroatoms. The Balaban J connectivity index is 3.22. The van der Waals surface area contributed by atoms with Gasteiger partial charge in [-0.05, 0) is 37.1 Å². The molecule has 14 heavy (non-hydrogen) atoms. The summed E-state index contributed by atoms with van der Waals surface area (Å²) in [5.74, 6) is -0.102. The Morgan fingerprint density at radius 1 is 1.14 bits per heavy atom. The molecule has 0 unspecified atom stereocenters. The molecule has 1 rings (SSSR count). The van der Waals surface area contributed by atoms with E-state index in [0.717, 1.165) is 6.26 Å². The van der Waals surface area contributed by atoms with E-state index in [1.807, 2.05) is 0 Å². The van der Waals surface area contributed by atoms with Crippen molar-refractivity contribution in [3.05, 3.63) is 23.3 Å². The molecule has 0 atom stereocenters. The predicted octanol–water partition coefficient (Wildman–Crippen LogP) is 0.862. The second-order valence-electron chi connectivity index (χ2n) is 3.23. The van der Waals surface area contributed by atoms with E-state index in [1.54, 1.807) is 13.8 Å². The van der Waals surface area contributed by atoms with Crippen LogP contribution >= 0.6 is 0 Å². The number of ketones is 1. The maximum absolute atomic E-state index is 11.2. The maximum atomic E-state index is 11.2. The van der Waals surface area contributed by atoms with Crippen LogP contribution in [0.3, 0.4) is 0 Å². The molecule has 0 heterocycles. The second kappa shape index (κ2) is 3.49. The van der Waals surface area contributed by atoms with Crippen LogP contribution in [0.4, 0.5) is 0 Å². The van der Waals surface area contributed by atoms with Crippen LogP contribution in [0.15, 0.2) is 27.7 Å². The highest BCUT2D eigenvalue weighted by atomic mass is 32.2. The minimum atomic E-state index is -3.41. The van der Waals surface area contributed by atoms with Gasteiger partial charge in [0, 0.05) is 0 Å². The minimum absolute atomic E-state index is 0.102. The number of nitrogens with zero attached hydrogens (tertiary/aromatic N) is 1. The Kier molecular flexibility index (Phi) is 2.71. The second-order valence-corrected chi connectivity index (χ2v) is 4.88. The Labute approximate surface area is 83.1 Å². The van der Waals surface area contributed by atoms with Gasteiger partial charge in [-0.3, -0.25) is 4.79 Å². The van der Waals surface area contributed by atoms with Gasteiger partial charge in [-0.15, -0.1) is 0 Å². The summed E-state index contributed by atoms with van der Waals surface area (Å²) in [4.78, 5) is 11.2. The highest BCUT2D eigenvalue weighted by Crippen LogP contribution is 2.12. The number of rotatable bonds is 1. The smallest absolute Gasteiger partial charge is 0.250 e. The summed E-state index contributed by atoms with van der Waals surface area (Å²) in [5, 5.41) is 0. The first-order valence-electron chi connectivity index (χ1n) is 4.01. The average molecular weight is 213 g/mol. The van der Waals surface area contributed by atoms with Crippen LogP contribution in [0.5, 0.6) is 0 Å². The number of carbonyl (C=O) groups excluding carboxylic acids is 1. The first-order valence-corrected chi connectivity index (χ1v) is 5.85. The van der Waals surface area contributed by atoms with E-state index in [2.05, 4.69) is 4.40 Å². The molecule has 0 amide bonds. The molecule has 0 aromatic heterocycles. The molecule has 0 saturated carbocycles. The molecule has 4 nitrogen and oxygen atoms in total. The highest BCUT2D eigenvalue weighted by molar-refractivity contribution is 7.89. The van der Waals surface area contributed by atoms with Crippen LogP contribution in [0.25, 0.3) is 0 Å². The summed E-state index contributed by atoms with van der Waals surface area (Å²) in [6, 6.07) is 0. The zero-order valence-corrected chi connectivity index (χ0v) is 9.05. The molecule has 1 aliphatic rings. The van der Waals surface area contributed by atoms with Crippen LogP contribution < -0.4 is 0 Å². The molecule has 1 aliphatic carbocycles. The quantitative estimate of drug-likeness (QED) is 0.607. The van der Waals surface area contributed by atoms with E-state index in [4.69, 9.17) is 0 Å². The van der Waals surface area contributed by atoms with Crippen molar-refractivity contribution in [2.24, 2.45) is 4.40 Å². The van der Waals surface area contributed by atoms with Gasteiger partial charge in [-0.25, -0.2) is 8.42 Å². The Morgan fingerprint density at radius 3 is 2.21 bits per heavy atom. The predicted molar refractivity (Wildman–Crippen MR) is 54.8 cm³/mol. The van der Waals surface area contributed by atoms with E-state index < -0.39 is 10.0 Å². The van der Waals surface area contributed by atoms with Crippen molar-refractivity contribution in [2.75, 3.05) is 6.26 Å². The van der Waals surface area contributed by atoms with Crippen molar-refractivity contribution in [3.63, 3.8) is 0 Å². The largest absolute Gasteiger partial charge is 0.290 e. The maximum Gasteiger partial charge on any atom is 0.250 e. The molecule has 0 spiro atoms. The van der Waals surface area contributed by atoms with Crippen LogP contribution in [0, 0.1) is 0 Å². The van der Waals surface area contributed by atoms with Gasteiger partial charge in [0.1, 0.15) is 0 Å². The Hall–Kier alpha value is -1.23. The zero-order valence-electron chi connectivity index (χ0n) is 8.23. The normalized spacial score (nSPS) is 20.8. The third kappa shape index (κ3) is 2.63. The van der Waals surface area contributed by atoms with Crippen LogP contribution in [-0.4, -0.2) is 26.2 Å². The fraction of sp³-hybridized carbons (Fsp3) is 0.333. The van der Waals surface area contributed by atoms with E-state index in [-0.39, 0.29) is 5.78 Å². The summed E-state index contributed by atoms with van der Waals surface area (Å²) in [6.07, 6.45) is 3.89. The van der Waals surface area contributed by atoms with Crippen LogP contribution in [0.1, 0.15) is 13.8 Å². The number of hydrogen-bond donors (Lipinski definition) is 0. The number of hydrogen-bond acceptors (Lipinski definition) is 3. The Bertz CT molecular complexity index is 466. The lowest BCUT2D eigenvalue weighted by Crippen LogP contribution is -2.11. The van der Waals surface area contributed by atoms with Crippen molar-refractivity contribution in [1.29, 1.82) is 0 Å². The summed E-state index contributed by atoms with van der Waals surface area (Å²) >= 11 is 0. The molecule has 0 radical (unpaired) electrons. The molecule has 0 N–H and O–H groups in total. The molecule has 0 aliphatic heterocycles. The van der Waals surface area contributed by atoms with Crippen molar-refractivity contribution < 1.29 is 13.2 Å². The van der Waals surface area contributed by atoms with Gasteiger partial charge in [0.2, 0.25) is 0 Å². The summed E-state index contributed by atoms with van der Waals surface area (Å²) in [5.41, 5.74) is 1.41. The number of sulfonamides is 1. The molecular weight excluding hydrogens is 202 g/mol. The lowest BCUT2D eigenvalue weighted by Gasteiger charge is -2.08. The van der Waals surface area contributed by atoms with E-state index >= 15 is 0 Å². The summed E-state index contributed by atoms with van der Waals surface area (Å²) in [6.45, 7) is 3.29. The molecule has 76 valence electrons. The SMILES string of the molecule is CC1=C/C(=N/S(C)(=O)=O)C(C)=CC1=O. The van der Waals surface area contributed by atoms with Gasteiger partial charge in [0.05, 0.1) is 12.0 Å². The Morgan fingerprint density at radius 2 is 1.71 bits per heavy atom. The number of allylic oxidation sites excluding steroid dienone is 4. The van der Waals surface area contributed by atoms with Gasteiger partial charge < -0.3 is 0 Å². The van der Waals surface area contributed by atoms with E-state index in [0.29, 0.717) is 16.9 Å². The summed E-state index contributed by atoms with van der Waals surface area (Å²) < 4.78 is 25.3. The van der Waals surface area contributed by atoms with Gasteiger partial charge in [0.15, 0.2) is 5.78 Å². The molecule has 0 aromatic carbocycles. The van der Waals surface area contributed by atoms with Crippen LogP contribution in [0.2, 0.25) is 0 Å². The standard InChI is InChI=1S/C9H11NO3S/c1-6-5-9(11)7(2)4-8(6)10-14(3,12)13/h4-5H,1-3H3/b10-8-. The molecule has 0 aromatic rings. The lowest BCUT2D eigenvalue weighted by molar-refractivity contribution is -0.111. The molecule has 0 bridgehead atoms. The van der Waals surface area contributed by atoms with E-state index in [1.165, 1.54) is 12.2 Å². The fourth-order valence-corrected chi connectivity index (χ4v) is 1.61.